The number of anilines is 1. The second kappa shape index (κ2) is 6.64. The summed E-state index contributed by atoms with van der Waals surface area (Å²) in [6, 6.07) is 16.3. The molecule has 1 aliphatic rings. The van der Waals surface area contributed by atoms with E-state index in [2.05, 4.69) is 22.0 Å². The van der Waals surface area contributed by atoms with Crippen LogP contribution in [-0.2, 0) is 0 Å². The molecule has 126 valence electrons. The molecule has 0 saturated carbocycles. The van der Waals surface area contributed by atoms with Crippen molar-refractivity contribution >= 4 is 22.5 Å². The molecule has 1 fully saturated rings. The van der Waals surface area contributed by atoms with Crippen LogP contribution in [0, 0.1) is 5.41 Å². The van der Waals surface area contributed by atoms with E-state index in [1.54, 1.807) is 25.1 Å². The molecule has 4 rings (SSSR count). The van der Waals surface area contributed by atoms with Crippen LogP contribution in [-0.4, -0.2) is 23.7 Å². The fraction of sp³-hybridized carbons (Fsp3) is 0.158. The Morgan fingerprint density at radius 3 is 2.80 bits per heavy atom. The fourth-order valence-electron chi connectivity index (χ4n) is 2.98. The molecule has 1 N–H and O–H groups in total. The normalized spacial score (nSPS) is 17.1. The Labute approximate surface area is 150 Å². The zero-order valence-electron chi connectivity index (χ0n) is 13.7. The summed E-state index contributed by atoms with van der Waals surface area (Å²) in [6.45, 7) is 0.592. The molecule has 5 nitrogen and oxygen atoms in total. The van der Waals surface area contributed by atoms with Gasteiger partial charge >= 0.3 is 0 Å². The van der Waals surface area contributed by atoms with Crippen LogP contribution in [0.25, 0.3) is 11.3 Å². The molecular weight excluding hydrogens is 334 g/mol. The van der Waals surface area contributed by atoms with Crippen molar-refractivity contribution in [1.82, 2.24) is 4.98 Å². The van der Waals surface area contributed by atoms with Crippen molar-refractivity contribution in [3.05, 3.63) is 66.7 Å². The maximum atomic E-state index is 8.13. The summed E-state index contributed by atoms with van der Waals surface area (Å²) in [5.41, 5.74) is 3.07. The Hall–Kier alpha value is -2.73. The van der Waals surface area contributed by atoms with Crippen LogP contribution in [0.15, 0.2) is 65.5 Å². The average molecular weight is 351 g/mol. The van der Waals surface area contributed by atoms with E-state index < -0.39 is 0 Å². The summed E-state index contributed by atoms with van der Waals surface area (Å²) in [5, 5.41) is 8.88. The molecule has 6 heteroatoms. The first-order valence-corrected chi connectivity index (χ1v) is 8.77. The Morgan fingerprint density at radius 2 is 2.08 bits per heavy atom. The van der Waals surface area contributed by atoms with Crippen LogP contribution >= 0.6 is 11.8 Å². The molecule has 2 aromatic carbocycles. The van der Waals surface area contributed by atoms with Crippen LogP contribution in [0.5, 0.6) is 5.75 Å². The number of thioether (sulfide) groups is 1. The van der Waals surface area contributed by atoms with Crippen molar-refractivity contribution in [3.8, 4) is 17.1 Å². The number of methoxy groups -OCH3 is 1. The first-order valence-electron chi connectivity index (χ1n) is 7.89. The van der Waals surface area contributed by atoms with Gasteiger partial charge in [0.15, 0.2) is 12.2 Å². The summed E-state index contributed by atoms with van der Waals surface area (Å²) in [7, 11) is 1.65. The standard InChI is InChI=1S/C19H17N3O2S/c1-23-16-9-14(7-8-15(16)17-10-21-12-24-17)22-11-18(20)25-19(22)13-5-3-2-4-6-13/h2-10,12,19-20H,11H2,1H3. The van der Waals surface area contributed by atoms with E-state index in [1.807, 2.05) is 36.4 Å². The molecular formula is C19H17N3O2S. The first-order chi connectivity index (χ1) is 12.3. The molecule has 1 unspecified atom stereocenters. The van der Waals surface area contributed by atoms with Gasteiger partial charge in [-0.1, -0.05) is 42.1 Å². The van der Waals surface area contributed by atoms with Crippen molar-refractivity contribution < 1.29 is 9.15 Å². The van der Waals surface area contributed by atoms with E-state index in [0.717, 1.165) is 17.0 Å². The Morgan fingerprint density at radius 1 is 1.24 bits per heavy atom. The molecule has 25 heavy (non-hydrogen) atoms. The lowest BCUT2D eigenvalue weighted by Gasteiger charge is -2.26. The highest BCUT2D eigenvalue weighted by Crippen LogP contribution is 2.44. The molecule has 0 aliphatic carbocycles. The smallest absolute Gasteiger partial charge is 0.181 e. The minimum atomic E-state index is 0.0922. The Kier molecular flexibility index (Phi) is 4.19. The molecule has 0 spiro atoms. The van der Waals surface area contributed by atoms with Gasteiger partial charge in [-0.05, 0) is 17.7 Å². The van der Waals surface area contributed by atoms with E-state index >= 15 is 0 Å². The summed E-state index contributed by atoms with van der Waals surface area (Å²) >= 11 is 1.58. The Bertz CT molecular complexity index is 881. The van der Waals surface area contributed by atoms with E-state index in [9.17, 15) is 0 Å². The number of hydrogen-bond acceptors (Lipinski definition) is 6. The van der Waals surface area contributed by atoms with Crippen LogP contribution in [0.3, 0.4) is 0 Å². The maximum absolute atomic E-state index is 8.13. The van der Waals surface area contributed by atoms with Gasteiger partial charge < -0.3 is 14.1 Å². The molecule has 0 amide bonds. The number of oxazole rings is 1. The summed E-state index contributed by atoms with van der Waals surface area (Å²) < 4.78 is 11.0. The molecule has 3 aromatic rings. The SMILES string of the molecule is COc1cc(N2CC(=N)SC2c2ccccc2)ccc1-c1cnco1. The summed E-state index contributed by atoms with van der Waals surface area (Å²) in [6.07, 6.45) is 3.08. The second-order valence-corrected chi connectivity index (χ2v) is 6.86. The number of nitrogens with one attached hydrogen (secondary N) is 1. The van der Waals surface area contributed by atoms with Gasteiger partial charge in [-0.3, -0.25) is 5.41 Å². The maximum Gasteiger partial charge on any atom is 0.181 e. The largest absolute Gasteiger partial charge is 0.496 e. The number of benzene rings is 2. The third kappa shape index (κ3) is 3.00. The van der Waals surface area contributed by atoms with Crippen molar-refractivity contribution in [2.24, 2.45) is 0 Å². The molecule has 1 atom stereocenters. The van der Waals surface area contributed by atoms with Gasteiger partial charge in [0.2, 0.25) is 0 Å². The number of aromatic nitrogens is 1. The van der Waals surface area contributed by atoms with E-state index in [-0.39, 0.29) is 5.37 Å². The van der Waals surface area contributed by atoms with Gasteiger partial charge in [-0.2, -0.15) is 0 Å². The topological polar surface area (TPSA) is 62.4 Å². The van der Waals surface area contributed by atoms with Gasteiger partial charge in [0.05, 0.1) is 30.5 Å². The van der Waals surface area contributed by atoms with Crippen LogP contribution in [0.4, 0.5) is 5.69 Å². The second-order valence-electron chi connectivity index (χ2n) is 5.68. The minimum absolute atomic E-state index is 0.0922. The zero-order valence-corrected chi connectivity index (χ0v) is 14.5. The molecule has 0 radical (unpaired) electrons. The minimum Gasteiger partial charge on any atom is -0.496 e. The quantitative estimate of drug-likeness (QED) is 0.745. The predicted molar refractivity (Wildman–Crippen MR) is 100 cm³/mol. The molecule has 1 aliphatic heterocycles. The summed E-state index contributed by atoms with van der Waals surface area (Å²) in [5.74, 6) is 1.40. The molecule has 1 saturated heterocycles. The Balaban J connectivity index is 1.72. The van der Waals surface area contributed by atoms with Crippen molar-refractivity contribution in [1.29, 1.82) is 5.41 Å². The first kappa shape index (κ1) is 15.8. The number of hydrogen-bond donors (Lipinski definition) is 1. The van der Waals surface area contributed by atoms with Crippen LogP contribution in [0.2, 0.25) is 0 Å². The monoisotopic (exact) mass is 351 g/mol. The lowest BCUT2D eigenvalue weighted by Crippen LogP contribution is -2.22. The van der Waals surface area contributed by atoms with Gasteiger partial charge in [-0.25, -0.2) is 4.98 Å². The highest BCUT2D eigenvalue weighted by molar-refractivity contribution is 8.14. The van der Waals surface area contributed by atoms with Crippen molar-refractivity contribution in [2.45, 2.75) is 5.37 Å². The zero-order chi connectivity index (χ0) is 17.2. The highest BCUT2D eigenvalue weighted by Gasteiger charge is 2.31. The van der Waals surface area contributed by atoms with Crippen molar-refractivity contribution in [2.75, 3.05) is 18.6 Å². The predicted octanol–water partition coefficient (Wildman–Crippen LogP) is 4.58. The lowest BCUT2D eigenvalue weighted by molar-refractivity contribution is 0.414. The van der Waals surface area contributed by atoms with E-state index in [0.29, 0.717) is 17.3 Å². The van der Waals surface area contributed by atoms with Crippen LogP contribution in [0.1, 0.15) is 10.9 Å². The third-order valence-electron chi connectivity index (χ3n) is 4.15. The number of ether oxygens (including phenoxy) is 1. The summed E-state index contributed by atoms with van der Waals surface area (Å²) in [4.78, 5) is 6.19. The van der Waals surface area contributed by atoms with E-state index in [4.69, 9.17) is 14.6 Å². The highest BCUT2D eigenvalue weighted by atomic mass is 32.2. The molecule has 0 bridgehead atoms. The lowest BCUT2D eigenvalue weighted by atomic mass is 10.1. The van der Waals surface area contributed by atoms with E-state index in [1.165, 1.54) is 12.0 Å². The number of nitrogens with zero attached hydrogens (tertiary/aromatic N) is 2. The van der Waals surface area contributed by atoms with Gasteiger partial charge in [0, 0.05) is 11.8 Å². The number of rotatable bonds is 4. The molecule has 2 heterocycles. The fourth-order valence-corrected chi connectivity index (χ4v) is 4.08. The average Bonchev–Trinajstić information content (AvgIpc) is 3.31. The third-order valence-corrected chi connectivity index (χ3v) is 5.31. The molecule has 1 aromatic heterocycles. The van der Waals surface area contributed by atoms with Gasteiger partial charge in [0.1, 0.15) is 11.1 Å². The van der Waals surface area contributed by atoms with Crippen molar-refractivity contribution in [3.63, 3.8) is 0 Å². The van der Waals surface area contributed by atoms with Crippen LogP contribution < -0.4 is 9.64 Å². The van der Waals surface area contributed by atoms with Gasteiger partial charge in [-0.15, -0.1) is 0 Å². The van der Waals surface area contributed by atoms with Gasteiger partial charge in [0.25, 0.3) is 0 Å².